The van der Waals surface area contributed by atoms with E-state index in [-0.39, 0.29) is 0 Å². The fraction of sp³-hybridized carbons (Fsp3) is 0.800. The molecule has 4 heteroatoms. The van der Waals surface area contributed by atoms with Gasteiger partial charge in [-0.2, -0.15) is 13.2 Å². The number of halogens is 3. The first-order valence-electron chi connectivity index (χ1n) is 4.86. The van der Waals surface area contributed by atoms with Crippen LogP contribution in [-0.2, 0) is 0 Å². The minimum atomic E-state index is -4.50. The van der Waals surface area contributed by atoms with Gasteiger partial charge in [0.2, 0.25) is 0 Å². The van der Waals surface area contributed by atoms with Crippen LogP contribution >= 0.6 is 0 Å². The summed E-state index contributed by atoms with van der Waals surface area (Å²) >= 11 is 0. The maximum Gasteiger partial charge on any atom is 0.414 e. The monoisotopic (exact) mass is 208 g/mol. The zero-order valence-corrected chi connectivity index (χ0v) is 8.14. The first-order valence-corrected chi connectivity index (χ1v) is 4.86. The molecule has 2 atom stereocenters. The van der Waals surface area contributed by atoms with Gasteiger partial charge in [-0.05, 0) is 25.7 Å². The molecule has 1 aliphatic carbocycles. The van der Waals surface area contributed by atoms with Gasteiger partial charge in [0.1, 0.15) is 0 Å². The Bertz CT molecular complexity index is 220. The van der Waals surface area contributed by atoms with E-state index in [0.29, 0.717) is 6.42 Å². The molecule has 1 nitrogen and oxygen atoms in total. The minimum absolute atomic E-state index is 0.689. The zero-order valence-electron chi connectivity index (χ0n) is 8.14. The van der Waals surface area contributed by atoms with Crippen LogP contribution in [0.2, 0.25) is 0 Å². The van der Waals surface area contributed by atoms with Crippen molar-refractivity contribution in [3.8, 4) is 0 Å². The van der Waals surface area contributed by atoms with Crippen molar-refractivity contribution in [3.63, 3.8) is 0 Å². The van der Waals surface area contributed by atoms with Crippen LogP contribution in [-0.4, -0.2) is 17.4 Å². The van der Waals surface area contributed by atoms with Crippen molar-refractivity contribution in [1.29, 1.82) is 0 Å². The fourth-order valence-corrected chi connectivity index (χ4v) is 1.76. The largest absolute Gasteiger partial charge is 0.414 e. The Balaban J connectivity index is 2.64. The molecule has 0 radical (unpaired) electrons. The summed E-state index contributed by atoms with van der Waals surface area (Å²) < 4.78 is 36.5. The molecule has 82 valence electrons. The van der Waals surface area contributed by atoms with Crippen LogP contribution in [0.5, 0.6) is 0 Å². The lowest BCUT2D eigenvalue weighted by molar-refractivity contribution is -0.214. The van der Waals surface area contributed by atoms with E-state index in [0.717, 1.165) is 24.8 Å². The summed E-state index contributed by atoms with van der Waals surface area (Å²) in [5.41, 5.74) is 0.751. The van der Waals surface area contributed by atoms with Crippen molar-refractivity contribution >= 4 is 0 Å². The third-order valence-electron chi connectivity index (χ3n) is 2.72. The molecule has 0 bridgehead atoms. The number of hydrogen-bond donors (Lipinski definition) is 1. The molecule has 0 saturated heterocycles. The van der Waals surface area contributed by atoms with Crippen molar-refractivity contribution < 1.29 is 18.3 Å². The Hall–Kier alpha value is -0.510. The second-order valence-corrected chi connectivity index (χ2v) is 3.80. The molecule has 0 saturated carbocycles. The molecule has 0 aliphatic heterocycles. The van der Waals surface area contributed by atoms with Gasteiger partial charge >= 0.3 is 6.18 Å². The van der Waals surface area contributed by atoms with E-state index in [2.05, 4.69) is 0 Å². The molecular formula is C10H15F3O. The molecule has 0 aromatic carbocycles. The lowest BCUT2D eigenvalue weighted by Crippen LogP contribution is -2.35. The summed E-state index contributed by atoms with van der Waals surface area (Å²) in [6.45, 7) is 1.44. The van der Waals surface area contributed by atoms with E-state index < -0.39 is 18.2 Å². The first-order chi connectivity index (χ1) is 6.43. The highest BCUT2D eigenvalue weighted by Gasteiger charge is 2.42. The van der Waals surface area contributed by atoms with Crippen molar-refractivity contribution in [3.05, 3.63) is 11.6 Å². The highest BCUT2D eigenvalue weighted by Crippen LogP contribution is 2.33. The number of hydrogen-bond acceptors (Lipinski definition) is 1. The highest BCUT2D eigenvalue weighted by molar-refractivity contribution is 5.10. The smallest absolute Gasteiger partial charge is 0.383 e. The third kappa shape index (κ3) is 2.74. The molecule has 0 unspecified atom stereocenters. The summed E-state index contributed by atoms with van der Waals surface area (Å²) in [5, 5.41) is 9.04. The number of allylic oxidation sites excluding steroid dienone is 1. The van der Waals surface area contributed by atoms with Gasteiger partial charge in [-0.1, -0.05) is 18.6 Å². The second kappa shape index (κ2) is 4.34. The van der Waals surface area contributed by atoms with Gasteiger partial charge in [0.15, 0.2) is 6.10 Å². The SMILES string of the molecule is C[C@H](C1=CCCCC1)[C@@H](O)C(F)(F)F. The number of rotatable bonds is 2. The van der Waals surface area contributed by atoms with E-state index >= 15 is 0 Å². The molecule has 1 aliphatic rings. The summed E-state index contributed by atoms with van der Waals surface area (Å²) in [6.07, 6.45) is -1.38. The van der Waals surface area contributed by atoms with E-state index in [4.69, 9.17) is 5.11 Å². The van der Waals surface area contributed by atoms with Crippen molar-refractivity contribution in [1.82, 2.24) is 0 Å². The highest BCUT2D eigenvalue weighted by atomic mass is 19.4. The summed E-state index contributed by atoms with van der Waals surface area (Å²) in [6, 6.07) is 0. The molecule has 1 rings (SSSR count). The summed E-state index contributed by atoms with van der Waals surface area (Å²) in [4.78, 5) is 0. The lowest BCUT2D eigenvalue weighted by Gasteiger charge is -2.25. The van der Waals surface area contributed by atoms with Gasteiger partial charge in [-0.3, -0.25) is 0 Å². The van der Waals surface area contributed by atoms with Crippen LogP contribution in [0.15, 0.2) is 11.6 Å². The zero-order chi connectivity index (χ0) is 10.8. The number of aliphatic hydroxyl groups excluding tert-OH is 1. The molecule has 0 fully saturated rings. The molecule has 1 N–H and O–H groups in total. The predicted octanol–water partition coefficient (Wildman–Crippen LogP) is 3.05. The van der Waals surface area contributed by atoms with Gasteiger partial charge in [-0.25, -0.2) is 0 Å². The number of alkyl halides is 3. The number of aliphatic hydroxyl groups is 1. The summed E-state index contributed by atoms with van der Waals surface area (Å²) in [5.74, 6) is -0.796. The van der Waals surface area contributed by atoms with Gasteiger partial charge in [0.25, 0.3) is 0 Å². The van der Waals surface area contributed by atoms with Crippen molar-refractivity contribution in [2.45, 2.75) is 44.9 Å². The van der Waals surface area contributed by atoms with Crippen LogP contribution in [0.25, 0.3) is 0 Å². The van der Waals surface area contributed by atoms with E-state index in [1.807, 2.05) is 6.08 Å². The Morgan fingerprint density at radius 1 is 1.36 bits per heavy atom. The second-order valence-electron chi connectivity index (χ2n) is 3.80. The Morgan fingerprint density at radius 3 is 2.43 bits per heavy atom. The van der Waals surface area contributed by atoms with Gasteiger partial charge < -0.3 is 5.11 Å². The van der Waals surface area contributed by atoms with Crippen LogP contribution in [0, 0.1) is 5.92 Å². The average molecular weight is 208 g/mol. The van der Waals surface area contributed by atoms with E-state index in [9.17, 15) is 13.2 Å². The quantitative estimate of drug-likeness (QED) is 0.691. The minimum Gasteiger partial charge on any atom is -0.383 e. The molecule has 0 aromatic heterocycles. The average Bonchev–Trinajstić information content (AvgIpc) is 2.15. The van der Waals surface area contributed by atoms with Crippen molar-refractivity contribution in [2.75, 3.05) is 0 Å². The maximum absolute atomic E-state index is 12.2. The Labute approximate surface area is 81.6 Å². The third-order valence-corrected chi connectivity index (χ3v) is 2.72. The molecular weight excluding hydrogens is 193 g/mol. The molecule has 14 heavy (non-hydrogen) atoms. The Morgan fingerprint density at radius 2 is 2.00 bits per heavy atom. The van der Waals surface area contributed by atoms with Crippen LogP contribution in [0.1, 0.15) is 32.6 Å². The normalized spacial score (nSPS) is 22.8. The molecule has 0 aromatic rings. The first kappa shape index (κ1) is 11.6. The van der Waals surface area contributed by atoms with E-state index in [1.165, 1.54) is 6.92 Å². The molecule has 0 spiro atoms. The topological polar surface area (TPSA) is 20.2 Å². The Kier molecular flexibility index (Phi) is 3.59. The van der Waals surface area contributed by atoms with Crippen molar-refractivity contribution in [2.24, 2.45) is 5.92 Å². The lowest BCUT2D eigenvalue weighted by atomic mass is 9.87. The standard InChI is InChI=1S/C10H15F3O/c1-7(9(14)10(11,12)13)8-5-3-2-4-6-8/h5,7,9,14H,2-4,6H2,1H3/t7-,9-/m1/s1. The summed E-state index contributed by atoms with van der Waals surface area (Å²) in [7, 11) is 0. The van der Waals surface area contributed by atoms with Gasteiger partial charge in [0, 0.05) is 5.92 Å². The molecule has 0 heterocycles. The van der Waals surface area contributed by atoms with Crippen LogP contribution in [0.4, 0.5) is 13.2 Å². The predicted molar refractivity (Wildman–Crippen MR) is 47.8 cm³/mol. The van der Waals surface area contributed by atoms with Crippen LogP contribution in [0.3, 0.4) is 0 Å². The molecule has 0 amide bonds. The fourth-order valence-electron chi connectivity index (χ4n) is 1.76. The maximum atomic E-state index is 12.2. The van der Waals surface area contributed by atoms with E-state index in [1.54, 1.807) is 0 Å². The van der Waals surface area contributed by atoms with Gasteiger partial charge in [0.05, 0.1) is 0 Å². The van der Waals surface area contributed by atoms with Gasteiger partial charge in [-0.15, -0.1) is 0 Å². The van der Waals surface area contributed by atoms with Crippen LogP contribution < -0.4 is 0 Å².